The van der Waals surface area contributed by atoms with E-state index in [0.717, 1.165) is 12.0 Å². The molecule has 0 fully saturated rings. The number of aromatic hydroxyl groups is 1. The summed E-state index contributed by atoms with van der Waals surface area (Å²) in [7, 11) is 0. The average molecular weight is 222 g/mol. The Labute approximate surface area is 95.7 Å². The predicted molar refractivity (Wildman–Crippen MR) is 62.4 cm³/mol. The second kappa shape index (κ2) is 5.66. The van der Waals surface area contributed by atoms with Crippen molar-refractivity contribution in [2.75, 3.05) is 0 Å². The van der Waals surface area contributed by atoms with Gasteiger partial charge in [0.15, 0.2) is 5.78 Å². The number of carbonyl (C=O) groups excluding carboxylic acids is 1. The van der Waals surface area contributed by atoms with Crippen LogP contribution in [0.4, 0.5) is 0 Å². The molecule has 0 radical (unpaired) electrons. The van der Waals surface area contributed by atoms with Crippen molar-refractivity contribution in [3.8, 4) is 5.75 Å². The van der Waals surface area contributed by atoms with E-state index in [9.17, 15) is 9.90 Å². The smallest absolute Gasteiger partial charge is 0.168 e. The fraction of sp³-hybridized carbons (Fsp3) is 0.462. The molecule has 0 saturated carbocycles. The molecule has 0 heterocycles. The number of phenolic OH excluding ortho intramolecular Hbond substituents is 1. The van der Waals surface area contributed by atoms with Gasteiger partial charge in [0.1, 0.15) is 11.9 Å². The molecule has 1 aromatic rings. The minimum atomic E-state index is -0.881. The Morgan fingerprint density at radius 1 is 1.31 bits per heavy atom. The molecule has 0 amide bonds. The normalized spacial score (nSPS) is 14.4. The molecule has 16 heavy (non-hydrogen) atoms. The number of ketones is 1. The number of Topliss-reactive ketones (excluding diaryl/α,β-unsaturated/α-hetero) is 1. The Bertz CT molecular complexity index is 343. The molecule has 0 saturated heterocycles. The lowest BCUT2D eigenvalue weighted by atomic mass is 9.92. The summed E-state index contributed by atoms with van der Waals surface area (Å²) >= 11 is 0. The molecule has 1 aromatic carbocycles. The van der Waals surface area contributed by atoms with Crippen molar-refractivity contribution in [1.82, 2.24) is 0 Å². The second-order valence-corrected chi connectivity index (χ2v) is 4.02. The van der Waals surface area contributed by atoms with Crippen molar-refractivity contribution in [2.45, 2.75) is 38.7 Å². The van der Waals surface area contributed by atoms with Crippen molar-refractivity contribution >= 4 is 5.78 Å². The number of benzene rings is 1. The number of hydrogen-bond donors (Lipinski definition) is 2. The summed E-state index contributed by atoms with van der Waals surface area (Å²) in [5, 5.41) is 18.7. The van der Waals surface area contributed by atoms with E-state index in [1.165, 1.54) is 0 Å². The molecule has 0 bridgehead atoms. The molecule has 88 valence electrons. The van der Waals surface area contributed by atoms with Crippen LogP contribution in [0.5, 0.6) is 5.75 Å². The van der Waals surface area contributed by atoms with E-state index in [4.69, 9.17) is 5.11 Å². The molecule has 2 atom stereocenters. The first-order chi connectivity index (χ1) is 7.56. The predicted octanol–water partition coefficient (Wildman–Crippen LogP) is 2.23. The van der Waals surface area contributed by atoms with Gasteiger partial charge in [0.2, 0.25) is 0 Å². The molecule has 0 aliphatic carbocycles. The van der Waals surface area contributed by atoms with Gasteiger partial charge in [-0.25, -0.2) is 0 Å². The fourth-order valence-corrected chi connectivity index (χ4v) is 1.63. The molecule has 0 spiro atoms. The largest absolute Gasteiger partial charge is 0.508 e. The summed E-state index contributed by atoms with van der Waals surface area (Å²) in [4.78, 5) is 11.8. The van der Waals surface area contributed by atoms with Gasteiger partial charge in [-0.15, -0.1) is 0 Å². The Morgan fingerprint density at radius 2 is 1.88 bits per heavy atom. The van der Waals surface area contributed by atoms with E-state index in [0.29, 0.717) is 6.42 Å². The van der Waals surface area contributed by atoms with Crippen LogP contribution in [-0.4, -0.2) is 22.1 Å². The Kier molecular flexibility index (Phi) is 4.50. The standard InChI is InChI=1S/C13H18O3/c1-3-4-12(15)13(16)9(2)10-5-7-11(14)8-6-10/h5-9,12,14-15H,3-4H2,1-2H3. The van der Waals surface area contributed by atoms with E-state index in [1.807, 2.05) is 6.92 Å². The van der Waals surface area contributed by atoms with E-state index in [2.05, 4.69) is 0 Å². The number of aliphatic hydroxyl groups excluding tert-OH is 1. The Balaban J connectivity index is 2.73. The van der Waals surface area contributed by atoms with E-state index in [-0.39, 0.29) is 17.5 Å². The first-order valence-electron chi connectivity index (χ1n) is 5.57. The molecule has 2 N–H and O–H groups in total. The number of carbonyl (C=O) groups is 1. The van der Waals surface area contributed by atoms with Gasteiger partial charge in [-0.05, 0) is 24.1 Å². The summed E-state index contributed by atoms with van der Waals surface area (Å²) < 4.78 is 0. The van der Waals surface area contributed by atoms with Crippen molar-refractivity contribution in [3.05, 3.63) is 29.8 Å². The zero-order valence-electron chi connectivity index (χ0n) is 9.68. The van der Waals surface area contributed by atoms with Crippen LogP contribution < -0.4 is 0 Å². The molecular formula is C13H18O3. The third-order valence-corrected chi connectivity index (χ3v) is 2.71. The fourth-order valence-electron chi connectivity index (χ4n) is 1.63. The minimum absolute atomic E-state index is 0.160. The van der Waals surface area contributed by atoms with Gasteiger partial charge in [-0.2, -0.15) is 0 Å². The first kappa shape index (κ1) is 12.7. The van der Waals surface area contributed by atoms with Crippen LogP contribution in [0.25, 0.3) is 0 Å². The lowest BCUT2D eigenvalue weighted by Crippen LogP contribution is -2.25. The zero-order valence-corrected chi connectivity index (χ0v) is 9.68. The maximum atomic E-state index is 11.8. The van der Waals surface area contributed by atoms with Crippen molar-refractivity contribution in [1.29, 1.82) is 0 Å². The third-order valence-electron chi connectivity index (χ3n) is 2.71. The van der Waals surface area contributed by atoms with Crippen LogP contribution in [0.3, 0.4) is 0 Å². The number of rotatable bonds is 5. The van der Waals surface area contributed by atoms with Gasteiger partial charge in [0, 0.05) is 5.92 Å². The van der Waals surface area contributed by atoms with Crippen molar-refractivity contribution < 1.29 is 15.0 Å². The van der Waals surface area contributed by atoms with Crippen LogP contribution >= 0.6 is 0 Å². The van der Waals surface area contributed by atoms with E-state index < -0.39 is 6.10 Å². The minimum Gasteiger partial charge on any atom is -0.508 e. The van der Waals surface area contributed by atoms with Crippen molar-refractivity contribution in [2.24, 2.45) is 0 Å². The highest BCUT2D eigenvalue weighted by Crippen LogP contribution is 2.21. The SMILES string of the molecule is CCCC(O)C(=O)C(C)c1ccc(O)cc1. The molecule has 0 aliphatic rings. The summed E-state index contributed by atoms with van der Waals surface area (Å²) in [6, 6.07) is 6.50. The highest BCUT2D eigenvalue weighted by molar-refractivity contribution is 5.89. The highest BCUT2D eigenvalue weighted by Gasteiger charge is 2.22. The quantitative estimate of drug-likeness (QED) is 0.803. The number of phenols is 1. The van der Waals surface area contributed by atoms with Crippen LogP contribution in [0.2, 0.25) is 0 Å². The summed E-state index contributed by atoms with van der Waals surface area (Å²) in [5.74, 6) is -0.313. The van der Waals surface area contributed by atoms with Gasteiger partial charge in [0.25, 0.3) is 0 Å². The third kappa shape index (κ3) is 3.07. The summed E-state index contributed by atoms with van der Waals surface area (Å²) in [6.45, 7) is 3.70. The van der Waals surface area contributed by atoms with Crippen molar-refractivity contribution in [3.63, 3.8) is 0 Å². The Morgan fingerprint density at radius 3 is 2.38 bits per heavy atom. The monoisotopic (exact) mass is 222 g/mol. The molecule has 0 aromatic heterocycles. The Hall–Kier alpha value is -1.35. The van der Waals surface area contributed by atoms with Crippen LogP contribution in [0.1, 0.15) is 38.2 Å². The molecule has 3 nitrogen and oxygen atoms in total. The average Bonchev–Trinajstić information content (AvgIpc) is 2.28. The lowest BCUT2D eigenvalue weighted by molar-refractivity contribution is -0.128. The van der Waals surface area contributed by atoms with E-state index in [1.54, 1.807) is 31.2 Å². The van der Waals surface area contributed by atoms with Gasteiger partial charge in [-0.1, -0.05) is 32.4 Å². The highest BCUT2D eigenvalue weighted by atomic mass is 16.3. The van der Waals surface area contributed by atoms with E-state index >= 15 is 0 Å². The lowest BCUT2D eigenvalue weighted by Gasteiger charge is -2.15. The molecule has 0 aliphatic heterocycles. The molecule has 3 heteroatoms. The molecule has 1 rings (SSSR count). The summed E-state index contributed by atoms with van der Waals surface area (Å²) in [5.41, 5.74) is 0.818. The number of aliphatic hydroxyl groups is 1. The van der Waals surface area contributed by atoms with Crippen LogP contribution in [0, 0.1) is 0 Å². The maximum Gasteiger partial charge on any atom is 0.168 e. The maximum absolute atomic E-state index is 11.8. The molecular weight excluding hydrogens is 204 g/mol. The van der Waals surface area contributed by atoms with Crippen LogP contribution in [0.15, 0.2) is 24.3 Å². The zero-order chi connectivity index (χ0) is 12.1. The first-order valence-corrected chi connectivity index (χ1v) is 5.57. The van der Waals surface area contributed by atoms with Crippen LogP contribution in [-0.2, 0) is 4.79 Å². The topological polar surface area (TPSA) is 57.5 Å². The summed E-state index contributed by atoms with van der Waals surface area (Å²) in [6.07, 6.45) is 0.407. The molecule has 2 unspecified atom stereocenters. The number of hydrogen-bond acceptors (Lipinski definition) is 3. The van der Waals surface area contributed by atoms with Gasteiger partial charge < -0.3 is 10.2 Å². The van der Waals surface area contributed by atoms with Gasteiger partial charge in [-0.3, -0.25) is 4.79 Å². The van der Waals surface area contributed by atoms with Gasteiger partial charge >= 0.3 is 0 Å². The second-order valence-electron chi connectivity index (χ2n) is 4.02. The van der Waals surface area contributed by atoms with Gasteiger partial charge in [0.05, 0.1) is 0 Å².